The van der Waals surface area contributed by atoms with E-state index >= 15 is 0 Å². The van der Waals surface area contributed by atoms with Crippen LogP contribution in [0.2, 0.25) is 0 Å². The van der Waals surface area contributed by atoms with E-state index < -0.39 is 10.0 Å². The van der Waals surface area contributed by atoms with Crippen LogP contribution in [-0.2, 0) is 17.1 Å². The number of carbonyl (C=O) groups is 1. The Morgan fingerprint density at radius 2 is 1.77 bits per heavy atom. The molecular weight excluding hydrogens is 402 g/mol. The van der Waals surface area contributed by atoms with Gasteiger partial charge in [0, 0.05) is 45.3 Å². The number of carbonyl (C=O) groups excluding carboxylic acids is 1. The van der Waals surface area contributed by atoms with Crippen molar-refractivity contribution in [3.8, 4) is 5.75 Å². The molecule has 3 heterocycles. The molecule has 2 aliphatic rings. The van der Waals surface area contributed by atoms with Gasteiger partial charge in [-0.15, -0.1) is 0 Å². The molecule has 0 bridgehead atoms. The lowest BCUT2D eigenvalue weighted by Crippen LogP contribution is -2.35. The van der Waals surface area contributed by atoms with Crippen LogP contribution in [0, 0.1) is 0 Å². The standard InChI is InChI=1S/C22H29N3O4S/c1-23-16-20(30(27,28)25-11-4-3-5-12-25)14-21(23)22(26)24-13-10-18(15-24)17-6-8-19(29-2)9-7-17/h6-9,14,16,18H,3-5,10-13,15H2,1-2H3. The molecule has 7 nitrogen and oxygen atoms in total. The quantitative estimate of drug-likeness (QED) is 0.730. The minimum Gasteiger partial charge on any atom is -0.497 e. The summed E-state index contributed by atoms with van der Waals surface area (Å²) in [6.45, 7) is 2.39. The van der Waals surface area contributed by atoms with Crippen LogP contribution >= 0.6 is 0 Å². The number of hydrogen-bond donors (Lipinski definition) is 0. The van der Waals surface area contributed by atoms with Crippen molar-refractivity contribution in [1.29, 1.82) is 0 Å². The van der Waals surface area contributed by atoms with E-state index in [1.807, 2.05) is 29.2 Å². The SMILES string of the molecule is COc1ccc(C2CCN(C(=O)c3cc(S(=O)(=O)N4CCCCC4)cn3C)C2)cc1. The highest BCUT2D eigenvalue weighted by atomic mass is 32.2. The van der Waals surface area contributed by atoms with Gasteiger partial charge in [0.1, 0.15) is 16.3 Å². The average molecular weight is 432 g/mol. The number of sulfonamides is 1. The third kappa shape index (κ3) is 3.98. The summed E-state index contributed by atoms with van der Waals surface area (Å²) in [5, 5.41) is 0. The van der Waals surface area contributed by atoms with Crippen molar-refractivity contribution in [1.82, 2.24) is 13.8 Å². The fraction of sp³-hybridized carbons (Fsp3) is 0.500. The van der Waals surface area contributed by atoms with Crippen LogP contribution in [0.3, 0.4) is 0 Å². The molecule has 30 heavy (non-hydrogen) atoms. The molecule has 1 amide bonds. The van der Waals surface area contributed by atoms with Gasteiger partial charge in [-0.25, -0.2) is 8.42 Å². The van der Waals surface area contributed by atoms with Crippen molar-refractivity contribution < 1.29 is 17.9 Å². The van der Waals surface area contributed by atoms with Crippen LogP contribution < -0.4 is 4.74 Å². The molecule has 0 N–H and O–H groups in total. The second kappa shape index (κ2) is 8.43. The smallest absolute Gasteiger partial charge is 0.270 e. The highest BCUT2D eigenvalue weighted by molar-refractivity contribution is 7.89. The van der Waals surface area contributed by atoms with Gasteiger partial charge in [-0.05, 0) is 43.0 Å². The summed E-state index contributed by atoms with van der Waals surface area (Å²) >= 11 is 0. The molecule has 0 saturated carbocycles. The highest BCUT2D eigenvalue weighted by Gasteiger charge is 2.32. The van der Waals surface area contributed by atoms with Gasteiger partial charge in [0.15, 0.2) is 0 Å². The average Bonchev–Trinajstić information content (AvgIpc) is 3.41. The largest absolute Gasteiger partial charge is 0.497 e. The highest BCUT2D eigenvalue weighted by Crippen LogP contribution is 2.30. The number of amides is 1. The zero-order valence-corrected chi connectivity index (χ0v) is 18.4. The Labute approximate surface area is 178 Å². The summed E-state index contributed by atoms with van der Waals surface area (Å²) in [5.41, 5.74) is 1.60. The van der Waals surface area contributed by atoms with Crippen LogP contribution in [0.15, 0.2) is 41.4 Å². The number of piperidine rings is 1. The minimum atomic E-state index is -3.55. The van der Waals surface area contributed by atoms with E-state index in [2.05, 4.69) is 0 Å². The lowest BCUT2D eigenvalue weighted by atomic mass is 9.98. The maximum atomic E-state index is 13.1. The van der Waals surface area contributed by atoms with Gasteiger partial charge in [0.2, 0.25) is 10.0 Å². The summed E-state index contributed by atoms with van der Waals surface area (Å²) in [4.78, 5) is 15.2. The first kappa shape index (κ1) is 20.9. The van der Waals surface area contributed by atoms with Crippen molar-refractivity contribution in [2.45, 2.75) is 36.5 Å². The number of aromatic nitrogens is 1. The van der Waals surface area contributed by atoms with Gasteiger partial charge < -0.3 is 14.2 Å². The van der Waals surface area contributed by atoms with Gasteiger partial charge in [-0.3, -0.25) is 4.79 Å². The fourth-order valence-corrected chi connectivity index (χ4v) is 5.99. The van der Waals surface area contributed by atoms with Crippen LogP contribution in [-0.4, -0.2) is 61.4 Å². The monoisotopic (exact) mass is 431 g/mol. The zero-order chi connectivity index (χ0) is 21.3. The van der Waals surface area contributed by atoms with E-state index in [9.17, 15) is 13.2 Å². The Kier molecular flexibility index (Phi) is 5.88. The van der Waals surface area contributed by atoms with Crippen LogP contribution in [0.4, 0.5) is 0 Å². The second-order valence-corrected chi connectivity index (χ2v) is 10.1. The molecule has 1 unspecified atom stereocenters. The molecule has 1 aromatic carbocycles. The molecule has 1 atom stereocenters. The molecule has 4 rings (SSSR count). The fourth-order valence-electron chi connectivity index (χ4n) is 4.40. The van der Waals surface area contributed by atoms with E-state index in [-0.39, 0.29) is 16.7 Å². The predicted octanol–water partition coefficient (Wildman–Crippen LogP) is 2.84. The van der Waals surface area contributed by atoms with Crippen molar-refractivity contribution in [3.63, 3.8) is 0 Å². The van der Waals surface area contributed by atoms with Gasteiger partial charge in [0.05, 0.1) is 7.11 Å². The maximum Gasteiger partial charge on any atom is 0.270 e. The summed E-state index contributed by atoms with van der Waals surface area (Å²) in [6.07, 6.45) is 5.29. The number of aryl methyl sites for hydroxylation is 1. The summed E-state index contributed by atoms with van der Waals surface area (Å²) in [5.74, 6) is 0.973. The Bertz CT molecular complexity index is 1010. The number of methoxy groups -OCH3 is 1. The van der Waals surface area contributed by atoms with Crippen molar-refractivity contribution in [3.05, 3.63) is 47.8 Å². The van der Waals surface area contributed by atoms with Crippen LogP contribution in [0.1, 0.15) is 47.7 Å². The second-order valence-electron chi connectivity index (χ2n) is 8.15. The molecule has 2 fully saturated rings. The number of hydrogen-bond acceptors (Lipinski definition) is 4. The van der Waals surface area contributed by atoms with E-state index in [1.54, 1.807) is 24.9 Å². The van der Waals surface area contributed by atoms with Gasteiger partial charge >= 0.3 is 0 Å². The Morgan fingerprint density at radius 1 is 1.07 bits per heavy atom. The lowest BCUT2D eigenvalue weighted by molar-refractivity contribution is 0.0781. The molecule has 0 aliphatic carbocycles. The maximum absolute atomic E-state index is 13.1. The molecule has 2 aliphatic heterocycles. The number of nitrogens with zero attached hydrogens (tertiary/aromatic N) is 3. The summed E-state index contributed by atoms with van der Waals surface area (Å²) in [6, 6.07) is 9.50. The number of likely N-dealkylation sites (tertiary alicyclic amines) is 1. The van der Waals surface area contributed by atoms with Crippen molar-refractivity contribution in [2.24, 2.45) is 7.05 Å². The van der Waals surface area contributed by atoms with E-state index in [0.717, 1.165) is 31.4 Å². The molecular formula is C22H29N3O4S. The Balaban J connectivity index is 1.48. The first-order valence-corrected chi connectivity index (χ1v) is 11.9. The van der Waals surface area contributed by atoms with Crippen LogP contribution in [0.5, 0.6) is 5.75 Å². The summed E-state index contributed by atoms with van der Waals surface area (Å²) < 4.78 is 34.3. The molecule has 2 saturated heterocycles. The topological polar surface area (TPSA) is 71.8 Å². The van der Waals surface area contributed by atoms with E-state index in [1.165, 1.54) is 15.9 Å². The predicted molar refractivity (Wildman–Crippen MR) is 114 cm³/mol. The van der Waals surface area contributed by atoms with Crippen molar-refractivity contribution in [2.75, 3.05) is 33.3 Å². The Morgan fingerprint density at radius 3 is 2.43 bits per heavy atom. The van der Waals surface area contributed by atoms with E-state index in [4.69, 9.17) is 4.74 Å². The molecule has 2 aromatic rings. The number of benzene rings is 1. The third-order valence-electron chi connectivity index (χ3n) is 6.21. The lowest BCUT2D eigenvalue weighted by Gasteiger charge is -2.25. The molecule has 0 radical (unpaired) electrons. The number of ether oxygens (including phenoxy) is 1. The zero-order valence-electron chi connectivity index (χ0n) is 17.6. The van der Waals surface area contributed by atoms with Crippen LogP contribution in [0.25, 0.3) is 0 Å². The van der Waals surface area contributed by atoms with Gasteiger partial charge in [0.25, 0.3) is 5.91 Å². The Hall–Kier alpha value is -2.32. The number of rotatable bonds is 5. The first-order valence-electron chi connectivity index (χ1n) is 10.5. The first-order chi connectivity index (χ1) is 14.4. The molecule has 8 heteroatoms. The van der Waals surface area contributed by atoms with E-state index in [0.29, 0.717) is 31.9 Å². The molecule has 0 spiro atoms. The van der Waals surface area contributed by atoms with Gasteiger partial charge in [-0.1, -0.05) is 18.6 Å². The van der Waals surface area contributed by atoms with Crippen molar-refractivity contribution >= 4 is 15.9 Å². The normalized spacial score (nSPS) is 20.5. The minimum absolute atomic E-state index is 0.117. The third-order valence-corrected chi connectivity index (χ3v) is 8.08. The molecule has 162 valence electrons. The van der Waals surface area contributed by atoms with Gasteiger partial charge in [-0.2, -0.15) is 4.31 Å². The summed E-state index contributed by atoms with van der Waals surface area (Å²) in [7, 11) is -0.172. The molecule has 1 aromatic heterocycles.